The standard InChI is InChI=1S/C14H12ClF3N2/c15-12(10-5-2-1-3-6-10)9-20-13-11(14(16,17)18)7-4-8-19-13/h1-8,12H,9H2,(H,19,20). The molecule has 0 amide bonds. The van der Waals surface area contributed by atoms with Crippen LogP contribution < -0.4 is 5.32 Å². The summed E-state index contributed by atoms with van der Waals surface area (Å²) in [6.45, 7) is 0.158. The second kappa shape index (κ2) is 6.13. The van der Waals surface area contributed by atoms with Crippen molar-refractivity contribution in [3.05, 3.63) is 59.8 Å². The van der Waals surface area contributed by atoms with Crippen LogP contribution in [0.2, 0.25) is 0 Å². The van der Waals surface area contributed by atoms with Gasteiger partial charge in [0.15, 0.2) is 0 Å². The van der Waals surface area contributed by atoms with Gasteiger partial charge in [0.25, 0.3) is 0 Å². The smallest absolute Gasteiger partial charge is 0.368 e. The predicted molar refractivity (Wildman–Crippen MR) is 72.8 cm³/mol. The molecule has 1 atom stereocenters. The van der Waals surface area contributed by atoms with Crippen molar-refractivity contribution in [3.8, 4) is 0 Å². The Morgan fingerprint density at radius 1 is 1.10 bits per heavy atom. The lowest BCUT2D eigenvalue weighted by molar-refractivity contribution is -0.137. The third-order valence-electron chi connectivity index (χ3n) is 2.72. The van der Waals surface area contributed by atoms with Gasteiger partial charge in [-0.05, 0) is 17.7 Å². The van der Waals surface area contributed by atoms with E-state index in [1.165, 1.54) is 12.3 Å². The van der Waals surface area contributed by atoms with Crippen LogP contribution in [0.4, 0.5) is 19.0 Å². The van der Waals surface area contributed by atoms with Crippen molar-refractivity contribution in [3.63, 3.8) is 0 Å². The number of rotatable bonds is 4. The van der Waals surface area contributed by atoms with Crippen LogP contribution in [-0.4, -0.2) is 11.5 Å². The number of hydrogen-bond donors (Lipinski definition) is 1. The molecule has 0 fully saturated rings. The van der Waals surface area contributed by atoms with E-state index in [0.29, 0.717) is 0 Å². The van der Waals surface area contributed by atoms with Gasteiger partial charge in [-0.25, -0.2) is 4.98 Å². The van der Waals surface area contributed by atoms with E-state index in [-0.39, 0.29) is 12.4 Å². The van der Waals surface area contributed by atoms with Crippen LogP contribution in [0.1, 0.15) is 16.5 Å². The largest absolute Gasteiger partial charge is 0.419 e. The van der Waals surface area contributed by atoms with Crippen molar-refractivity contribution in [1.29, 1.82) is 0 Å². The first-order valence-electron chi connectivity index (χ1n) is 5.93. The summed E-state index contributed by atoms with van der Waals surface area (Å²) < 4.78 is 38.3. The van der Waals surface area contributed by atoms with Crippen molar-refractivity contribution in [2.24, 2.45) is 0 Å². The molecule has 0 spiro atoms. The van der Waals surface area contributed by atoms with Crippen LogP contribution in [-0.2, 0) is 6.18 Å². The van der Waals surface area contributed by atoms with Gasteiger partial charge in [0.1, 0.15) is 5.82 Å². The molecule has 0 aliphatic carbocycles. The van der Waals surface area contributed by atoms with Gasteiger partial charge in [0.2, 0.25) is 0 Å². The molecule has 1 heterocycles. The Morgan fingerprint density at radius 2 is 1.80 bits per heavy atom. The number of nitrogens with one attached hydrogen (secondary N) is 1. The Bertz CT molecular complexity index is 558. The minimum absolute atomic E-state index is 0.158. The second-order valence-electron chi connectivity index (χ2n) is 4.16. The zero-order valence-corrected chi connectivity index (χ0v) is 11.1. The minimum Gasteiger partial charge on any atom is -0.368 e. The molecule has 0 saturated carbocycles. The number of aromatic nitrogens is 1. The normalized spacial score (nSPS) is 13.0. The van der Waals surface area contributed by atoms with Crippen LogP contribution in [0.3, 0.4) is 0 Å². The van der Waals surface area contributed by atoms with Crippen molar-refractivity contribution in [1.82, 2.24) is 4.98 Å². The van der Waals surface area contributed by atoms with Crippen LogP contribution in [0.25, 0.3) is 0 Å². The SMILES string of the molecule is FC(F)(F)c1cccnc1NCC(Cl)c1ccccc1. The van der Waals surface area contributed by atoms with Crippen LogP contribution >= 0.6 is 11.6 Å². The minimum atomic E-state index is -4.44. The molecule has 1 aromatic heterocycles. The molecule has 2 rings (SSSR count). The van der Waals surface area contributed by atoms with Crippen molar-refractivity contribution in [2.75, 3.05) is 11.9 Å². The van der Waals surface area contributed by atoms with Gasteiger partial charge in [-0.3, -0.25) is 0 Å². The fourth-order valence-corrected chi connectivity index (χ4v) is 1.96. The Balaban J connectivity index is 2.08. The Labute approximate surface area is 119 Å². The van der Waals surface area contributed by atoms with E-state index < -0.39 is 17.1 Å². The van der Waals surface area contributed by atoms with Crippen LogP contribution in [0.5, 0.6) is 0 Å². The van der Waals surface area contributed by atoms with Gasteiger partial charge in [-0.1, -0.05) is 30.3 Å². The summed E-state index contributed by atoms with van der Waals surface area (Å²) in [6, 6.07) is 11.4. The predicted octanol–water partition coefficient (Wildman–Crippen LogP) is 4.49. The summed E-state index contributed by atoms with van der Waals surface area (Å²) in [5, 5.41) is 2.22. The lowest BCUT2D eigenvalue weighted by Crippen LogP contribution is -2.15. The molecule has 0 aliphatic heterocycles. The topological polar surface area (TPSA) is 24.9 Å². The molecule has 0 bridgehead atoms. The van der Waals surface area contributed by atoms with E-state index >= 15 is 0 Å². The zero-order chi connectivity index (χ0) is 14.6. The molecule has 0 aliphatic rings. The maximum absolute atomic E-state index is 12.8. The molecular weight excluding hydrogens is 289 g/mol. The fourth-order valence-electron chi connectivity index (χ4n) is 1.74. The molecular formula is C14H12ClF3N2. The van der Waals surface area contributed by atoms with Crippen molar-refractivity contribution >= 4 is 17.4 Å². The number of alkyl halides is 4. The first-order chi connectivity index (χ1) is 9.48. The van der Waals surface area contributed by atoms with Crippen LogP contribution in [0.15, 0.2) is 48.7 Å². The highest BCUT2D eigenvalue weighted by Crippen LogP contribution is 2.33. The summed E-state index contributed by atoms with van der Waals surface area (Å²) >= 11 is 6.15. The molecule has 1 unspecified atom stereocenters. The summed E-state index contributed by atoms with van der Waals surface area (Å²) in [7, 11) is 0. The molecule has 2 aromatic rings. The lowest BCUT2D eigenvalue weighted by Gasteiger charge is -2.15. The average molecular weight is 301 g/mol. The number of hydrogen-bond acceptors (Lipinski definition) is 2. The maximum atomic E-state index is 12.8. The van der Waals surface area contributed by atoms with E-state index in [1.54, 1.807) is 0 Å². The van der Waals surface area contributed by atoms with E-state index in [2.05, 4.69) is 10.3 Å². The van der Waals surface area contributed by atoms with Crippen LogP contribution in [0, 0.1) is 0 Å². The number of halogens is 4. The fraction of sp³-hybridized carbons (Fsp3) is 0.214. The van der Waals surface area contributed by atoms with Gasteiger partial charge in [-0.15, -0.1) is 11.6 Å². The second-order valence-corrected chi connectivity index (χ2v) is 4.68. The molecule has 6 heteroatoms. The van der Waals surface area contributed by atoms with E-state index in [9.17, 15) is 13.2 Å². The molecule has 0 saturated heterocycles. The number of anilines is 1. The third kappa shape index (κ3) is 3.63. The molecule has 1 N–H and O–H groups in total. The highest BCUT2D eigenvalue weighted by Gasteiger charge is 2.34. The van der Waals surface area contributed by atoms with E-state index in [4.69, 9.17) is 11.6 Å². The molecule has 106 valence electrons. The van der Waals surface area contributed by atoms with Gasteiger partial charge < -0.3 is 5.32 Å². The molecule has 0 radical (unpaired) electrons. The van der Waals surface area contributed by atoms with Gasteiger partial charge in [-0.2, -0.15) is 13.2 Å². The van der Waals surface area contributed by atoms with Gasteiger partial charge in [0.05, 0.1) is 10.9 Å². The summed E-state index contributed by atoms with van der Waals surface area (Å²) in [5.41, 5.74) is 0.0445. The van der Waals surface area contributed by atoms with Crippen molar-refractivity contribution < 1.29 is 13.2 Å². The van der Waals surface area contributed by atoms with E-state index in [1.807, 2.05) is 30.3 Å². The molecule has 1 aromatic carbocycles. The highest BCUT2D eigenvalue weighted by atomic mass is 35.5. The number of pyridine rings is 1. The van der Waals surface area contributed by atoms with Gasteiger partial charge in [0, 0.05) is 12.7 Å². The first kappa shape index (κ1) is 14.7. The molecule has 20 heavy (non-hydrogen) atoms. The number of nitrogens with zero attached hydrogens (tertiary/aromatic N) is 1. The van der Waals surface area contributed by atoms with E-state index in [0.717, 1.165) is 11.6 Å². The summed E-state index contributed by atoms with van der Waals surface area (Å²) in [6.07, 6.45) is -3.13. The van der Waals surface area contributed by atoms with Crippen molar-refractivity contribution in [2.45, 2.75) is 11.6 Å². The summed E-state index contributed by atoms with van der Waals surface area (Å²) in [4.78, 5) is 3.72. The number of benzene rings is 1. The monoisotopic (exact) mass is 300 g/mol. The Morgan fingerprint density at radius 3 is 2.45 bits per heavy atom. The Kier molecular flexibility index (Phi) is 4.49. The summed E-state index contributed by atoms with van der Waals surface area (Å²) in [5.74, 6) is -0.207. The quantitative estimate of drug-likeness (QED) is 0.841. The lowest BCUT2D eigenvalue weighted by atomic mass is 10.1. The third-order valence-corrected chi connectivity index (χ3v) is 3.13. The average Bonchev–Trinajstić information content (AvgIpc) is 2.45. The zero-order valence-electron chi connectivity index (χ0n) is 10.4. The maximum Gasteiger partial charge on any atom is 0.419 e. The first-order valence-corrected chi connectivity index (χ1v) is 6.37. The Hall–Kier alpha value is -1.75. The molecule has 2 nitrogen and oxygen atoms in total. The van der Waals surface area contributed by atoms with Gasteiger partial charge >= 0.3 is 6.18 Å². The highest BCUT2D eigenvalue weighted by molar-refractivity contribution is 6.21.